The molecule has 0 saturated heterocycles. The van der Waals surface area contributed by atoms with Gasteiger partial charge in [0, 0.05) is 28.9 Å². The van der Waals surface area contributed by atoms with Gasteiger partial charge in [-0.15, -0.1) is 0 Å². The fourth-order valence-electron chi connectivity index (χ4n) is 1.39. The number of hydrogen-bond acceptors (Lipinski definition) is 5. The summed E-state index contributed by atoms with van der Waals surface area (Å²) >= 11 is 0. The molecule has 102 valence electrons. The van der Waals surface area contributed by atoms with Crippen LogP contribution >= 0.6 is 8.15 Å². The molecule has 0 aliphatic heterocycles. The van der Waals surface area contributed by atoms with Gasteiger partial charge in [0.1, 0.15) is 0 Å². The summed E-state index contributed by atoms with van der Waals surface area (Å²) in [5.41, 5.74) is 0. The third-order valence-electron chi connectivity index (χ3n) is 1.58. The van der Waals surface area contributed by atoms with Crippen molar-refractivity contribution in [3.8, 4) is 0 Å². The lowest BCUT2D eigenvalue weighted by atomic mass is 10.4. The van der Waals surface area contributed by atoms with Crippen LogP contribution in [-0.4, -0.2) is 37.7 Å². The number of rotatable bonds is 7. The molecule has 0 aliphatic carbocycles. The van der Waals surface area contributed by atoms with Crippen LogP contribution in [0.3, 0.4) is 0 Å². The third-order valence-corrected chi connectivity index (χ3v) is 2.30. The van der Waals surface area contributed by atoms with Crippen molar-refractivity contribution >= 4 is 14.1 Å². The molecule has 0 N–H and O–H groups in total. The average molecular weight is 266 g/mol. The smallest absolute Gasteiger partial charge is 0.305 e. The maximum absolute atomic E-state index is 10.8. The number of carbonyl (C=O) groups excluding carboxylic acids is 1. The summed E-state index contributed by atoms with van der Waals surface area (Å²) in [5, 5.41) is 0. The Bertz CT molecular complexity index is 242. The summed E-state index contributed by atoms with van der Waals surface area (Å²) in [6.07, 6.45) is -0.867. The van der Waals surface area contributed by atoms with E-state index in [9.17, 15) is 4.79 Å². The molecule has 0 saturated carbocycles. The molecule has 17 heavy (non-hydrogen) atoms. The number of hydrogen-bond donors (Lipinski definition) is 0. The van der Waals surface area contributed by atoms with Gasteiger partial charge >= 0.3 is 5.97 Å². The molecule has 6 heteroatoms. The molecule has 0 aromatic rings. The normalized spacial score (nSPS) is 15.8. The number of ether oxygens (including phenoxy) is 3. The second-order valence-corrected chi connectivity index (χ2v) is 6.14. The van der Waals surface area contributed by atoms with E-state index < -0.39 is 26.2 Å². The zero-order valence-electron chi connectivity index (χ0n) is 11.6. The molecule has 0 aromatic carbocycles. The van der Waals surface area contributed by atoms with Crippen LogP contribution in [0.15, 0.2) is 0 Å². The Labute approximate surface area is 105 Å². The molecule has 0 bridgehead atoms. The summed E-state index contributed by atoms with van der Waals surface area (Å²) in [6.45, 7) is 12.2. The molecule has 0 amide bonds. The topological polar surface area (TPSA) is 54.0 Å². The lowest BCUT2D eigenvalue weighted by Gasteiger charge is -2.29. The molecule has 0 aliphatic rings. The van der Waals surface area contributed by atoms with Crippen LogP contribution in [0.5, 0.6) is 0 Å². The van der Waals surface area contributed by atoms with Crippen molar-refractivity contribution < 1.29 is 23.5 Å². The highest BCUT2D eigenvalue weighted by molar-refractivity contribution is 7.50. The van der Waals surface area contributed by atoms with Crippen LogP contribution < -0.4 is 0 Å². The van der Waals surface area contributed by atoms with Gasteiger partial charge in [-0.1, -0.05) is 0 Å². The predicted octanol–water partition coefficient (Wildman–Crippen LogP) is 2.68. The van der Waals surface area contributed by atoms with Crippen molar-refractivity contribution in [2.24, 2.45) is 0 Å². The minimum atomic E-state index is -1.01. The van der Waals surface area contributed by atoms with Crippen LogP contribution in [0.2, 0.25) is 0 Å². The summed E-state index contributed by atoms with van der Waals surface area (Å²) in [7, 11) is -0.483. The van der Waals surface area contributed by atoms with Crippen molar-refractivity contribution in [3.05, 3.63) is 0 Å². The van der Waals surface area contributed by atoms with Gasteiger partial charge in [-0.2, -0.15) is 0 Å². The quantitative estimate of drug-likeness (QED) is 0.403. The Morgan fingerprint density at radius 2 is 1.71 bits per heavy atom. The SMILES string of the molecule is CC(=O)OC(C)(C)OC(C)OC(C)OP(C)C. The van der Waals surface area contributed by atoms with Gasteiger partial charge in [-0.05, 0) is 27.2 Å². The van der Waals surface area contributed by atoms with E-state index in [0.717, 1.165) is 0 Å². The van der Waals surface area contributed by atoms with E-state index in [1.807, 2.05) is 13.3 Å². The summed E-state index contributed by atoms with van der Waals surface area (Å²) in [6, 6.07) is 0. The van der Waals surface area contributed by atoms with Crippen LogP contribution in [0, 0.1) is 0 Å². The highest BCUT2D eigenvalue weighted by Crippen LogP contribution is 2.29. The van der Waals surface area contributed by atoms with E-state index in [2.05, 4.69) is 0 Å². The molecule has 2 atom stereocenters. The van der Waals surface area contributed by atoms with Gasteiger partial charge in [0.25, 0.3) is 0 Å². The standard InChI is InChI=1S/C11H23O5P/c1-8(12)14-11(4,5)15-9(2)13-10(3)16-17(6)7/h9-10H,1-7H3. The Morgan fingerprint density at radius 3 is 2.12 bits per heavy atom. The molecule has 0 rings (SSSR count). The third kappa shape index (κ3) is 9.48. The minimum Gasteiger partial charge on any atom is -0.434 e. The van der Waals surface area contributed by atoms with Crippen molar-refractivity contribution in [2.45, 2.75) is 53.0 Å². The van der Waals surface area contributed by atoms with Gasteiger partial charge in [-0.25, -0.2) is 0 Å². The van der Waals surface area contributed by atoms with Crippen molar-refractivity contribution in [1.82, 2.24) is 0 Å². The maximum atomic E-state index is 10.8. The zero-order chi connectivity index (χ0) is 13.6. The summed E-state index contributed by atoms with van der Waals surface area (Å²) in [5.74, 6) is -1.40. The van der Waals surface area contributed by atoms with E-state index >= 15 is 0 Å². The second-order valence-electron chi connectivity index (χ2n) is 4.30. The van der Waals surface area contributed by atoms with E-state index in [4.69, 9.17) is 18.7 Å². The van der Waals surface area contributed by atoms with Gasteiger partial charge in [-0.3, -0.25) is 4.79 Å². The van der Waals surface area contributed by atoms with Crippen molar-refractivity contribution in [3.63, 3.8) is 0 Å². The first-order chi connectivity index (χ1) is 7.62. The molecular formula is C11H23O5P. The molecule has 0 heterocycles. The molecular weight excluding hydrogens is 243 g/mol. The fourth-order valence-corrected chi connectivity index (χ4v) is 2.03. The summed E-state index contributed by atoms with van der Waals surface area (Å²) < 4.78 is 21.4. The number of carbonyl (C=O) groups is 1. The Morgan fingerprint density at radius 1 is 1.18 bits per heavy atom. The largest absolute Gasteiger partial charge is 0.434 e. The molecule has 5 nitrogen and oxygen atoms in total. The van der Waals surface area contributed by atoms with Gasteiger partial charge < -0.3 is 18.7 Å². The van der Waals surface area contributed by atoms with E-state index in [-0.39, 0.29) is 6.29 Å². The van der Waals surface area contributed by atoms with Crippen molar-refractivity contribution in [2.75, 3.05) is 13.3 Å². The van der Waals surface area contributed by atoms with Crippen LogP contribution in [0.1, 0.15) is 34.6 Å². The van der Waals surface area contributed by atoms with Gasteiger partial charge in [0.05, 0.1) is 0 Å². The first-order valence-corrected chi connectivity index (χ1v) is 7.65. The van der Waals surface area contributed by atoms with Crippen LogP contribution in [-0.2, 0) is 23.5 Å². The Kier molecular flexibility index (Phi) is 7.17. The predicted molar refractivity (Wildman–Crippen MR) is 66.8 cm³/mol. The lowest BCUT2D eigenvalue weighted by Crippen LogP contribution is -2.36. The Hall–Kier alpha value is -0.220. The van der Waals surface area contributed by atoms with Gasteiger partial charge in [0.2, 0.25) is 5.79 Å². The molecule has 0 spiro atoms. The molecule has 0 aromatic heterocycles. The highest BCUT2D eigenvalue weighted by atomic mass is 31.1. The minimum absolute atomic E-state index is 0.348. The average Bonchev–Trinajstić information content (AvgIpc) is 1.95. The fraction of sp³-hybridized carbons (Fsp3) is 0.909. The monoisotopic (exact) mass is 266 g/mol. The van der Waals surface area contributed by atoms with Crippen LogP contribution in [0.25, 0.3) is 0 Å². The molecule has 2 unspecified atom stereocenters. The van der Waals surface area contributed by atoms with Crippen LogP contribution in [0.4, 0.5) is 0 Å². The first-order valence-electron chi connectivity index (χ1n) is 5.49. The van der Waals surface area contributed by atoms with E-state index in [1.165, 1.54) is 6.92 Å². The summed E-state index contributed by atoms with van der Waals surface area (Å²) in [4.78, 5) is 10.8. The van der Waals surface area contributed by atoms with E-state index in [1.54, 1.807) is 27.7 Å². The molecule has 0 radical (unpaired) electrons. The second kappa shape index (κ2) is 7.27. The van der Waals surface area contributed by atoms with Crippen molar-refractivity contribution in [1.29, 1.82) is 0 Å². The zero-order valence-corrected chi connectivity index (χ0v) is 12.5. The molecule has 0 fully saturated rings. The Balaban J connectivity index is 4.07. The van der Waals surface area contributed by atoms with E-state index in [0.29, 0.717) is 0 Å². The number of esters is 1. The first kappa shape index (κ1) is 16.8. The maximum Gasteiger partial charge on any atom is 0.305 e. The lowest BCUT2D eigenvalue weighted by molar-refractivity contribution is -0.298. The highest BCUT2D eigenvalue weighted by Gasteiger charge is 2.26. The van der Waals surface area contributed by atoms with Gasteiger partial charge in [0.15, 0.2) is 12.6 Å².